The Balaban J connectivity index is 2.21. The Kier molecular flexibility index (Phi) is 3.23. The van der Waals surface area contributed by atoms with Gasteiger partial charge in [-0.2, -0.15) is 0 Å². The molecule has 0 unspecified atom stereocenters. The third-order valence-electron chi connectivity index (χ3n) is 2.04. The van der Waals surface area contributed by atoms with Gasteiger partial charge in [-0.3, -0.25) is 4.79 Å². The van der Waals surface area contributed by atoms with Gasteiger partial charge < -0.3 is 9.84 Å². The molecule has 0 saturated carbocycles. The van der Waals surface area contributed by atoms with Crippen molar-refractivity contribution < 1.29 is 13.7 Å². The first-order valence-electron chi connectivity index (χ1n) is 4.76. The number of nitrogens with one attached hydrogen (secondary N) is 1. The van der Waals surface area contributed by atoms with E-state index in [0.29, 0.717) is 15.9 Å². The highest BCUT2D eigenvalue weighted by molar-refractivity contribution is 9.10. The van der Waals surface area contributed by atoms with E-state index >= 15 is 0 Å². The molecule has 0 spiro atoms. The van der Waals surface area contributed by atoms with Gasteiger partial charge in [-0.15, -0.1) is 0 Å². The van der Waals surface area contributed by atoms with Gasteiger partial charge >= 0.3 is 0 Å². The summed E-state index contributed by atoms with van der Waals surface area (Å²) in [5.41, 5.74) is 0.495. The van der Waals surface area contributed by atoms with Crippen LogP contribution in [0.2, 0.25) is 0 Å². The van der Waals surface area contributed by atoms with Crippen molar-refractivity contribution in [2.75, 3.05) is 5.32 Å². The van der Waals surface area contributed by atoms with Crippen molar-refractivity contribution in [1.82, 2.24) is 5.16 Å². The number of nitrogens with zero attached hydrogens (tertiary/aromatic N) is 1. The standard InChI is InChI=1S/C11H8BrFN2O2/c1-6-4-10(15-17-6)11(16)14-9-5-7(13)2-3-8(9)12/h2-5H,1H3,(H,14,16). The summed E-state index contributed by atoms with van der Waals surface area (Å²) in [5, 5.41) is 6.10. The van der Waals surface area contributed by atoms with E-state index in [0.717, 1.165) is 0 Å². The van der Waals surface area contributed by atoms with Crippen LogP contribution in [0.1, 0.15) is 16.2 Å². The summed E-state index contributed by atoms with van der Waals surface area (Å²) in [6.45, 7) is 1.68. The van der Waals surface area contributed by atoms with Crippen LogP contribution in [-0.4, -0.2) is 11.1 Å². The number of aryl methyl sites for hydroxylation is 1. The average molecular weight is 299 g/mol. The summed E-state index contributed by atoms with van der Waals surface area (Å²) >= 11 is 3.21. The van der Waals surface area contributed by atoms with E-state index in [9.17, 15) is 9.18 Å². The van der Waals surface area contributed by atoms with E-state index in [1.807, 2.05) is 0 Å². The van der Waals surface area contributed by atoms with Gasteiger partial charge in [-0.1, -0.05) is 5.16 Å². The maximum absolute atomic E-state index is 13.0. The van der Waals surface area contributed by atoms with Crippen molar-refractivity contribution in [1.29, 1.82) is 0 Å². The molecule has 2 aromatic rings. The van der Waals surface area contributed by atoms with Crippen molar-refractivity contribution in [3.05, 3.63) is 46.0 Å². The number of aromatic nitrogens is 1. The van der Waals surface area contributed by atoms with E-state index in [-0.39, 0.29) is 5.69 Å². The molecule has 1 aromatic carbocycles. The van der Waals surface area contributed by atoms with Crippen LogP contribution in [0.3, 0.4) is 0 Å². The minimum atomic E-state index is -0.451. The summed E-state index contributed by atoms with van der Waals surface area (Å²) in [5.74, 6) is -0.346. The van der Waals surface area contributed by atoms with Gasteiger partial charge in [0, 0.05) is 10.5 Å². The van der Waals surface area contributed by atoms with Gasteiger partial charge in [0.25, 0.3) is 5.91 Å². The molecule has 1 N–H and O–H groups in total. The fraction of sp³-hybridized carbons (Fsp3) is 0.0909. The molecule has 0 bridgehead atoms. The molecule has 88 valence electrons. The molecule has 17 heavy (non-hydrogen) atoms. The van der Waals surface area contributed by atoms with Gasteiger partial charge in [0.05, 0.1) is 5.69 Å². The highest BCUT2D eigenvalue weighted by Gasteiger charge is 2.12. The first-order chi connectivity index (χ1) is 8.06. The molecule has 0 fully saturated rings. The summed E-state index contributed by atoms with van der Waals surface area (Å²) < 4.78 is 18.4. The zero-order valence-corrected chi connectivity index (χ0v) is 10.4. The number of rotatable bonds is 2. The van der Waals surface area contributed by atoms with Crippen LogP contribution in [0, 0.1) is 12.7 Å². The lowest BCUT2D eigenvalue weighted by atomic mass is 10.3. The number of carbonyl (C=O) groups is 1. The molecular formula is C11H8BrFN2O2. The average Bonchev–Trinajstić information content (AvgIpc) is 2.70. The van der Waals surface area contributed by atoms with Gasteiger partial charge in [-0.05, 0) is 41.1 Å². The maximum atomic E-state index is 13.0. The second kappa shape index (κ2) is 4.67. The molecule has 4 nitrogen and oxygen atoms in total. The van der Waals surface area contributed by atoms with E-state index < -0.39 is 11.7 Å². The Morgan fingerprint density at radius 2 is 2.24 bits per heavy atom. The van der Waals surface area contributed by atoms with Crippen LogP contribution in [0.15, 0.2) is 33.3 Å². The minimum Gasteiger partial charge on any atom is -0.361 e. The number of benzene rings is 1. The highest BCUT2D eigenvalue weighted by Crippen LogP contribution is 2.23. The first-order valence-corrected chi connectivity index (χ1v) is 5.55. The summed E-state index contributed by atoms with van der Waals surface area (Å²) in [6, 6.07) is 5.52. The summed E-state index contributed by atoms with van der Waals surface area (Å²) in [4.78, 5) is 11.7. The Bertz CT molecular complexity index is 568. The third-order valence-corrected chi connectivity index (χ3v) is 2.73. The Hall–Kier alpha value is -1.69. The van der Waals surface area contributed by atoms with Crippen LogP contribution in [0.25, 0.3) is 0 Å². The number of hydrogen-bond donors (Lipinski definition) is 1. The SMILES string of the molecule is Cc1cc(C(=O)Nc2cc(F)ccc2Br)no1. The lowest BCUT2D eigenvalue weighted by Crippen LogP contribution is -2.12. The number of amides is 1. The van der Waals surface area contributed by atoms with Crippen molar-refractivity contribution >= 4 is 27.5 Å². The number of hydrogen-bond acceptors (Lipinski definition) is 3. The van der Waals surface area contributed by atoms with Gasteiger partial charge in [0.1, 0.15) is 11.6 Å². The predicted molar refractivity (Wildman–Crippen MR) is 63.3 cm³/mol. The molecule has 0 aliphatic rings. The zero-order chi connectivity index (χ0) is 12.4. The molecule has 0 radical (unpaired) electrons. The molecule has 6 heteroatoms. The van der Waals surface area contributed by atoms with Crippen LogP contribution < -0.4 is 5.32 Å². The van der Waals surface area contributed by atoms with Gasteiger partial charge in [-0.25, -0.2) is 4.39 Å². The number of anilines is 1. The first kappa shape index (κ1) is 11.8. The molecule has 0 atom stereocenters. The quantitative estimate of drug-likeness (QED) is 0.927. The lowest BCUT2D eigenvalue weighted by molar-refractivity contribution is 0.101. The van der Waals surface area contributed by atoms with Crippen LogP contribution in [0.4, 0.5) is 10.1 Å². The van der Waals surface area contributed by atoms with Gasteiger partial charge in [0.15, 0.2) is 5.69 Å². The number of halogens is 2. The van der Waals surface area contributed by atoms with Gasteiger partial charge in [0.2, 0.25) is 0 Å². The van der Waals surface area contributed by atoms with E-state index in [1.165, 1.54) is 24.3 Å². The summed E-state index contributed by atoms with van der Waals surface area (Å²) in [6.07, 6.45) is 0. The topological polar surface area (TPSA) is 55.1 Å². The fourth-order valence-corrected chi connectivity index (χ4v) is 1.60. The lowest BCUT2D eigenvalue weighted by Gasteiger charge is -2.05. The third kappa shape index (κ3) is 2.71. The molecule has 1 heterocycles. The molecule has 1 amide bonds. The Morgan fingerprint density at radius 3 is 2.88 bits per heavy atom. The molecule has 1 aromatic heterocycles. The molecule has 0 saturated heterocycles. The molecule has 0 aliphatic carbocycles. The number of carbonyl (C=O) groups excluding carboxylic acids is 1. The fourth-order valence-electron chi connectivity index (χ4n) is 1.25. The molecular weight excluding hydrogens is 291 g/mol. The van der Waals surface area contributed by atoms with Crippen LogP contribution in [-0.2, 0) is 0 Å². The van der Waals surface area contributed by atoms with E-state index in [2.05, 4.69) is 26.4 Å². The van der Waals surface area contributed by atoms with Crippen molar-refractivity contribution in [2.45, 2.75) is 6.92 Å². The van der Waals surface area contributed by atoms with Crippen LogP contribution in [0.5, 0.6) is 0 Å². The second-order valence-electron chi connectivity index (χ2n) is 3.40. The highest BCUT2D eigenvalue weighted by atomic mass is 79.9. The monoisotopic (exact) mass is 298 g/mol. The second-order valence-corrected chi connectivity index (χ2v) is 4.26. The van der Waals surface area contributed by atoms with Crippen molar-refractivity contribution in [3.63, 3.8) is 0 Å². The van der Waals surface area contributed by atoms with Crippen molar-refractivity contribution in [3.8, 4) is 0 Å². The van der Waals surface area contributed by atoms with E-state index in [1.54, 1.807) is 6.92 Å². The molecule has 0 aliphatic heterocycles. The smallest absolute Gasteiger partial charge is 0.277 e. The Morgan fingerprint density at radius 1 is 1.47 bits per heavy atom. The van der Waals surface area contributed by atoms with Crippen LogP contribution >= 0.6 is 15.9 Å². The minimum absolute atomic E-state index is 0.152. The largest absolute Gasteiger partial charge is 0.361 e. The Labute approximate surface area is 105 Å². The zero-order valence-electron chi connectivity index (χ0n) is 8.83. The normalized spacial score (nSPS) is 10.3. The predicted octanol–water partition coefficient (Wildman–Crippen LogP) is 3.14. The maximum Gasteiger partial charge on any atom is 0.277 e. The summed E-state index contributed by atoms with van der Waals surface area (Å²) in [7, 11) is 0. The molecule has 2 rings (SSSR count). The van der Waals surface area contributed by atoms with E-state index in [4.69, 9.17) is 4.52 Å². The van der Waals surface area contributed by atoms with Crippen molar-refractivity contribution in [2.24, 2.45) is 0 Å².